The van der Waals surface area contributed by atoms with Crippen molar-refractivity contribution in [3.63, 3.8) is 0 Å². The molecular formula is C17H15N. The lowest BCUT2D eigenvalue weighted by atomic mass is 10.0. The third-order valence-corrected chi connectivity index (χ3v) is 3.79. The molecule has 1 nitrogen and oxygen atoms in total. The summed E-state index contributed by atoms with van der Waals surface area (Å²) >= 11 is 0. The molecule has 4 rings (SSSR count). The summed E-state index contributed by atoms with van der Waals surface area (Å²) in [6, 6.07) is 17.4. The van der Waals surface area contributed by atoms with Crippen molar-refractivity contribution in [2.75, 3.05) is 0 Å². The van der Waals surface area contributed by atoms with Crippen LogP contribution >= 0.6 is 0 Å². The molecule has 1 aliphatic carbocycles. The maximum Gasteiger partial charge on any atom is 0.0485 e. The van der Waals surface area contributed by atoms with Gasteiger partial charge in [-0.1, -0.05) is 30.3 Å². The van der Waals surface area contributed by atoms with E-state index in [9.17, 15) is 0 Å². The Labute approximate surface area is 107 Å². The van der Waals surface area contributed by atoms with Crippen molar-refractivity contribution in [1.82, 2.24) is 4.40 Å². The highest BCUT2D eigenvalue weighted by Crippen LogP contribution is 2.43. The lowest BCUT2D eigenvalue weighted by Crippen LogP contribution is -1.91. The van der Waals surface area contributed by atoms with Gasteiger partial charge in [-0.15, -0.1) is 0 Å². The molecule has 1 saturated carbocycles. The van der Waals surface area contributed by atoms with Crippen molar-refractivity contribution in [2.24, 2.45) is 0 Å². The predicted molar refractivity (Wildman–Crippen MR) is 74.8 cm³/mol. The van der Waals surface area contributed by atoms with Gasteiger partial charge in [-0.2, -0.15) is 0 Å². The summed E-state index contributed by atoms with van der Waals surface area (Å²) in [5.41, 5.74) is 5.51. The lowest BCUT2D eigenvalue weighted by molar-refractivity contribution is 1.09. The zero-order valence-corrected chi connectivity index (χ0v) is 10.2. The minimum atomic E-state index is 0.783. The Bertz CT molecular complexity index is 690. The molecule has 88 valence electrons. The number of nitrogens with zero attached hydrogens (tertiary/aromatic N) is 1. The summed E-state index contributed by atoms with van der Waals surface area (Å²) in [4.78, 5) is 0. The number of aromatic nitrogens is 1. The van der Waals surface area contributed by atoms with Crippen LogP contribution in [0.15, 0.2) is 60.9 Å². The zero-order chi connectivity index (χ0) is 11.9. The minimum absolute atomic E-state index is 0.783. The first-order chi connectivity index (χ1) is 8.92. The second-order valence-electron chi connectivity index (χ2n) is 5.13. The Kier molecular flexibility index (Phi) is 2.07. The maximum absolute atomic E-state index is 2.38. The van der Waals surface area contributed by atoms with Crippen molar-refractivity contribution in [2.45, 2.75) is 18.8 Å². The first-order valence-corrected chi connectivity index (χ1v) is 6.58. The van der Waals surface area contributed by atoms with E-state index in [1.54, 1.807) is 0 Å². The van der Waals surface area contributed by atoms with Gasteiger partial charge in [0.15, 0.2) is 0 Å². The summed E-state index contributed by atoms with van der Waals surface area (Å²) in [5, 5.41) is 0. The molecule has 0 aliphatic heterocycles. The molecule has 18 heavy (non-hydrogen) atoms. The number of benzene rings is 1. The van der Waals surface area contributed by atoms with Crippen LogP contribution in [0.25, 0.3) is 16.6 Å². The maximum atomic E-state index is 2.38. The van der Waals surface area contributed by atoms with Crippen molar-refractivity contribution in [1.29, 1.82) is 0 Å². The summed E-state index contributed by atoms with van der Waals surface area (Å²) in [7, 11) is 0. The fourth-order valence-corrected chi connectivity index (χ4v) is 2.69. The molecule has 1 heteroatoms. The van der Waals surface area contributed by atoms with Gasteiger partial charge in [-0.25, -0.2) is 0 Å². The molecule has 1 aliphatic rings. The molecule has 0 N–H and O–H groups in total. The molecule has 2 aromatic heterocycles. The highest BCUT2D eigenvalue weighted by atomic mass is 14.9. The number of hydrogen-bond acceptors (Lipinski definition) is 0. The first kappa shape index (κ1) is 9.95. The van der Waals surface area contributed by atoms with Gasteiger partial charge in [-0.3, -0.25) is 0 Å². The average molecular weight is 233 g/mol. The molecule has 0 saturated heterocycles. The van der Waals surface area contributed by atoms with Gasteiger partial charge >= 0.3 is 0 Å². The van der Waals surface area contributed by atoms with E-state index in [0.717, 1.165) is 5.92 Å². The van der Waals surface area contributed by atoms with Crippen LogP contribution in [0.5, 0.6) is 0 Å². The van der Waals surface area contributed by atoms with Gasteiger partial charge < -0.3 is 4.40 Å². The Morgan fingerprint density at radius 1 is 0.889 bits per heavy atom. The number of rotatable bonds is 2. The third-order valence-electron chi connectivity index (χ3n) is 3.79. The molecule has 1 fully saturated rings. The van der Waals surface area contributed by atoms with Gasteiger partial charge in [0.25, 0.3) is 0 Å². The van der Waals surface area contributed by atoms with Crippen molar-refractivity contribution in [3.05, 3.63) is 66.5 Å². The van der Waals surface area contributed by atoms with E-state index in [1.807, 2.05) is 0 Å². The normalized spacial score (nSPS) is 15.1. The van der Waals surface area contributed by atoms with Gasteiger partial charge in [0.2, 0.25) is 0 Å². The Morgan fingerprint density at radius 2 is 1.72 bits per heavy atom. The number of fused-ring (bicyclic) bond motifs is 1. The topological polar surface area (TPSA) is 4.41 Å². The minimum Gasteiger partial charge on any atom is -0.323 e. The quantitative estimate of drug-likeness (QED) is 0.614. The Hall–Kier alpha value is -2.02. The van der Waals surface area contributed by atoms with Crippen LogP contribution in [0, 0.1) is 0 Å². The van der Waals surface area contributed by atoms with Gasteiger partial charge in [0, 0.05) is 17.9 Å². The zero-order valence-electron chi connectivity index (χ0n) is 10.2. The molecule has 0 amide bonds. The molecule has 0 atom stereocenters. The standard InChI is InChI=1S/C17H15N/c1-2-5-13(6-3-1)15-11-16(14-8-9-14)17-7-4-10-18(17)12-15/h1-7,10-12,14H,8-9H2. The summed E-state index contributed by atoms with van der Waals surface area (Å²) in [6.45, 7) is 0. The van der Waals surface area contributed by atoms with Crippen LogP contribution in [0.2, 0.25) is 0 Å². The monoisotopic (exact) mass is 233 g/mol. The molecule has 3 aromatic rings. The van der Waals surface area contributed by atoms with Crippen LogP contribution in [0.4, 0.5) is 0 Å². The van der Waals surface area contributed by atoms with Crippen LogP contribution in [0.1, 0.15) is 24.3 Å². The van der Waals surface area contributed by atoms with E-state index in [2.05, 4.69) is 65.3 Å². The van der Waals surface area contributed by atoms with E-state index < -0.39 is 0 Å². The van der Waals surface area contributed by atoms with E-state index >= 15 is 0 Å². The largest absolute Gasteiger partial charge is 0.323 e. The Balaban J connectivity index is 1.96. The predicted octanol–water partition coefficient (Wildman–Crippen LogP) is 4.48. The van der Waals surface area contributed by atoms with Crippen LogP contribution < -0.4 is 0 Å². The van der Waals surface area contributed by atoms with Gasteiger partial charge in [0.05, 0.1) is 0 Å². The molecule has 0 bridgehead atoms. The number of hydrogen-bond donors (Lipinski definition) is 0. The van der Waals surface area contributed by atoms with Crippen LogP contribution in [-0.2, 0) is 0 Å². The lowest BCUT2D eigenvalue weighted by Gasteiger charge is -2.08. The fraction of sp³-hybridized carbons (Fsp3) is 0.176. The fourth-order valence-electron chi connectivity index (χ4n) is 2.69. The molecule has 0 unspecified atom stereocenters. The molecule has 0 radical (unpaired) electrons. The second kappa shape index (κ2) is 3.74. The smallest absolute Gasteiger partial charge is 0.0485 e. The van der Waals surface area contributed by atoms with E-state index in [1.165, 1.54) is 35.0 Å². The summed E-state index contributed by atoms with van der Waals surface area (Å²) < 4.78 is 2.26. The third kappa shape index (κ3) is 1.55. The summed E-state index contributed by atoms with van der Waals surface area (Å²) in [5.74, 6) is 0.783. The summed E-state index contributed by atoms with van der Waals surface area (Å²) in [6.07, 6.45) is 7.07. The highest BCUT2D eigenvalue weighted by Gasteiger charge is 2.26. The van der Waals surface area contributed by atoms with Crippen molar-refractivity contribution in [3.8, 4) is 11.1 Å². The van der Waals surface area contributed by atoms with E-state index in [4.69, 9.17) is 0 Å². The molecule has 1 aromatic carbocycles. The highest BCUT2D eigenvalue weighted by molar-refractivity contribution is 5.70. The van der Waals surface area contributed by atoms with E-state index in [0.29, 0.717) is 0 Å². The average Bonchev–Trinajstić information content (AvgIpc) is 3.16. The molecule has 0 spiro atoms. The van der Waals surface area contributed by atoms with Crippen LogP contribution in [-0.4, -0.2) is 4.40 Å². The van der Waals surface area contributed by atoms with Crippen LogP contribution in [0.3, 0.4) is 0 Å². The second-order valence-corrected chi connectivity index (χ2v) is 5.13. The molecular weight excluding hydrogens is 218 g/mol. The van der Waals surface area contributed by atoms with Gasteiger partial charge in [0.1, 0.15) is 0 Å². The molecule has 2 heterocycles. The SMILES string of the molecule is c1ccc(-c2cc(C3CC3)c3cccn3c2)cc1. The van der Waals surface area contributed by atoms with E-state index in [-0.39, 0.29) is 0 Å². The number of pyridine rings is 1. The van der Waals surface area contributed by atoms with Crippen molar-refractivity contribution < 1.29 is 0 Å². The Morgan fingerprint density at radius 3 is 2.50 bits per heavy atom. The van der Waals surface area contributed by atoms with Crippen molar-refractivity contribution >= 4 is 5.52 Å². The first-order valence-electron chi connectivity index (χ1n) is 6.58. The van der Waals surface area contributed by atoms with Gasteiger partial charge in [-0.05, 0) is 53.6 Å².